The van der Waals surface area contributed by atoms with Crippen LogP contribution in [0.15, 0.2) is 24.5 Å². The zero-order chi connectivity index (χ0) is 15.4. The molecule has 0 aromatic carbocycles. The molecule has 0 aliphatic rings. The first-order valence-electron chi connectivity index (χ1n) is 6.69. The Morgan fingerprint density at radius 1 is 1.52 bits per heavy atom. The van der Waals surface area contributed by atoms with Gasteiger partial charge in [-0.25, -0.2) is 4.79 Å². The molecule has 1 unspecified atom stereocenters. The van der Waals surface area contributed by atoms with E-state index in [1.165, 1.54) is 7.11 Å². The number of ether oxygens (including phenoxy) is 1. The standard InChI is InChI=1S/C14H18N4O2S/c1-9(2)7-11(13(19)20-3)18-12(16-17-14(18)21)10-5-4-6-15-8-10/h4-6,8-9,11H,7H2,1-3H3,(H,17,21). The zero-order valence-corrected chi connectivity index (χ0v) is 13.1. The first kappa shape index (κ1) is 15.4. The number of nitrogens with one attached hydrogen (secondary N) is 1. The average Bonchev–Trinajstić information content (AvgIpc) is 2.86. The molecule has 0 amide bonds. The summed E-state index contributed by atoms with van der Waals surface area (Å²) < 4.78 is 7.02. The summed E-state index contributed by atoms with van der Waals surface area (Å²) in [6.07, 6.45) is 3.99. The van der Waals surface area contributed by atoms with E-state index in [4.69, 9.17) is 17.0 Å². The van der Waals surface area contributed by atoms with Crippen LogP contribution < -0.4 is 0 Å². The summed E-state index contributed by atoms with van der Waals surface area (Å²) in [5.41, 5.74) is 0.794. The molecule has 2 heterocycles. The second-order valence-corrected chi connectivity index (χ2v) is 5.52. The highest BCUT2D eigenvalue weighted by Crippen LogP contribution is 2.25. The molecule has 112 valence electrons. The van der Waals surface area contributed by atoms with Gasteiger partial charge in [0.05, 0.1) is 7.11 Å². The van der Waals surface area contributed by atoms with Gasteiger partial charge >= 0.3 is 5.97 Å². The summed E-state index contributed by atoms with van der Waals surface area (Å²) >= 11 is 5.29. The number of H-pyrrole nitrogens is 1. The summed E-state index contributed by atoms with van der Waals surface area (Å²) in [5.74, 6) is 0.572. The van der Waals surface area contributed by atoms with Crippen LogP contribution >= 0.6 is 12.2 Å². The molecule has 0 saturated carbocycles. The predicted octanol–water partition coefficient (Wildman–Crippen LogP) is 2.76. The summed E-state index contributed by atoms with van der Waals surface area (Å²) in [4.78, 5) is 16.2. The van der Waals surface area contributed by atoms with E-state index in [-0.39, 0.29) is 5.97 Å². The highest BCUT2D eigenvalue weighted by molar-refractivity contribution is 7.71. The highest BCUT2D eigenvalue weighted by Gasteiger charge is 2.26. The van der Waals surface area contributed by atoms with E-state index in [9.17, 15) is 4.79 Å². The molecule has 1 atom stereocenters. The lowest BCUT2D eigenvalue weighted by Crippen LogP contribution is -2.23. The Bertz CT molecular complexity index is 663. The number of esters is 1. The van der Waals surface area contributed by atoms with Gasteiger partial charge in [0.2, 0.25) is 0 Å². The Labute approximate surface area is 128 Å². The molecule has 2 aromatic heterocycles. The summed E-state index contributed by atoms with van der Waals surface area (Å²) in [6, 6.07) is 3.18. The monoisotopic (exact) mass is 306 g/mol. The van der Waals surface area contributed by atoms with E-state index in [1.807, 2.05) is 26.0 Å². The summed E-state index contributed by atoms with van der Waals surface area (Å²) in [6.45, 7) is 4.09. The Morgan fingerprint density at radius 3 is 2.86 bits per heavy atom. The number of pyridine rings is 1. The molecular formula is C14H18N4O2S. The number of carbonyl (C=O) groups excluding carboxylic acids is 1. The van der Waals surface area contributed by atoms with Crippen molar-refractivity contribution in [3.05, 3.63) is 29.3 Å². The second kappa shape index (κ2) is 6.62. The van der Waals surface area contributed by atoms with Gasteiger partial charge in [-0.15, -0.1) is 0 Å². The van der Waals surface area contributed by atoms with E-state index in [0.717, 1.165) is 5.56 Å². The van der Waals surface area contributed by atoms with Crippen LogP contribution in [-0.2, 0) is 9.53 Å². The molecule has 0 aliphatic carbocycles. The van der Waals surface area contributed by atoms with Gasteiger partial charge in [-0.1, -0.05) is 13.8 Å². The summed E-state index contributed by atoms with van der Waals surface area (Å²) in [5, 5.41) is 6.98. The fraction of sp³-hybridized carbons (Fsp3) is 0.429. The second-order valence-electron chi connectivity index (χ2n) is 5.13. The maximum Gasteiger partial charge on any atom is 0.329 e. The van der Waals surface area contributed by atoms with Gasteiger partial charge in [0.15, 0.2) is 10.6 Å². The molecule has 0 radical (unpaired) electrons. The molecule has 7 heteroatoms. The Hall–Kier alpha value is -2.02. The zero-order valence-electron chi connectivity index (χ0n) is 12.2. The van der Waals surface area contributed by atoms with Crippen molar-refractivity contribution in [2.24, 2.45) is 5.92 Å². The van der Waals surface area contributed by atoms with E-state index < -0.39 is 6.04 Å². The molecule has 0 saturated heterocycles. The van der Waals surface area contributed by atoms with E-state index in [1.54, 1.807) is 17.0 Å². The summed E-state index contributed by atoms with van der Waals surface area (Å²) in [7, 11) is 1.38. The van der Waals surface area contributed by atoms with Crippen LogP contribution in [0.4, 0.5) is 0 Å². The SMILES string of the molecule is COC(=O)C(CC(C)C)n1c(-c2cccnc2)n[nH]c1=S. The number of hydrogen-bond acceptors (Lipinski definition) is 5. The molecule has 0 bridgehead atoms. The molecule has 2 aromatic rings. The van der Waals surface area contributed by atoms with Crippen molar-refractivity contribution in [3.8, 4) is 11.4 Å². The number of carbonyl (C=O) groups is 1. The Morgan fingerprint density at radius 2 is 2.29 bits per heavy atom. The van der Waals surface area contributed by atoms with Crippen LogP contribution in [0.5, 0.6) is 0 Å². The van der Waals surface area contributed by atoms with Crippen molar-refractivity contribution in [3.63, 3.8) is 0 Å². The van der Waals surface area contributed by atoms with Gasteiger partial charge in [-0.2, -0.15) is 5.10 Å². The van der Waals surface area contributed by atoms with Crippen LogP contribution in [0.3, 0.4) is 0 Å². The molecule has 6 nitrogen and oxygen atoms in total. The molecule has 2 rings (SSSR count). The number of methoxy groups -OCH3 is 1. The van der Waals surface area contributed by atoms with Crippen LogP contribution in [-0.4, -0.2) is 32.8 Å². The van der Waals surface area contributed by atoms with Gasteiger partial charge in [0.1, 0.15) is 6.04 Å². The first-order chi connectivity index (χ1) is 10.0. The first-order valence-corrected chi connectivity index (χ1v) is 7.10. The molecule has 1 N–H and O–H groups in total. The van der Waals surface area contributed by atoms with E-state index >= 15 is 0 Å². The van der Waals surface area contributed by atoms with Crippen molar-refractivity contribution in [1.82, 2.24) is 19.7 Å². The fourth-order valence-corrected chi connectivity index (χ4v) is 2.44. The number of aromatic amines is 1. The topological polar surface area (TPSA) is 72.8 Å². The number of aromatic nitrogens is 4. The minimum absolute atomic E-state index is 0.313. The van der Waals surface area contributed by atoms with Crippen LogP contribution in [0.2, 0.25) is 0 Å². The van der Waals surface area contributed by atoms with Gasteiger partial charge in [-0.05, 0) is 36.7 Å². The van der Waals surface area contributed by atoms with Crippen molar-refractivity contribution in [2.75, 3.05) is 7.11 Å². The van der Waals surface area contributed by atoms with E-state index in [2.05, 4.69) is 15.2 Å². The molecule has 0 fully saturated rings. The molecular weight excluding hydrogens is 288 g/mol. The van der Waals surface area contributed by atoms with E-state index in [0.29, 0.717) is 22.9 Å². The van der Waals surface area contributed by atoms with Gasteiger partial charge in [-0.3, -0.25) is 14.6 Å². The van der Waals surface area contributed by atoms with Crippen LogP contribution in [0.25, 0.3) is 11.4 Å². The third kappa shape index (κ3) is 3.36. The maximum absolute atomic E-state index is 12.1. The number of nitrogens with zero attached hydrogens (tertiary/aromatic N) is 3. The van der Waals surface area contributed by atoms with Gasteiger partial charge in [0, 0.05) is 18.0 Å². The minimum atomic E-state index is -0.503. The lowest BCUT2D eigenvalue weighted by molar-refractivity contribution is -0.145. The number of hydrogen-bond donors (Lipinski definition) is 1. The average molecular weight is 306 g/mol. The van der Waals surface area contributed by atoms with Crippen molar-refractivity contribution in [1.29, 1.82) is 0 Å². The Kier molecular flexibility index (Phi) is 4.85. The quantitative estimate of drug-likeness (QED) is 0.679. The van der Waals surface area contributed by atoms with Gasteiger partial charge < -0.3 is 4.74 Å². The third-order valence-corrected chi connectivity index (χ3v) is 3.39. The van der Waals surface area contributed by atoms with Crippen LogP contribution in [0.1, 0.15) is 26.3 Å². The lowest BCUT2D eigenvalue weighted by Gasteiger charge is -2.19. The minimum Gasteiger partial charge on any atom is -0.467 e. The third-order valence-electron chi connectivity index (χ3n) is 3.10. The van der Waals surface area contributed by atoms with Crippen molar-refractivity contribution >= 4 is 18.2 Å². The molecule has 0 spiro atoms. The maximum atomic E-state index is 12.1. The lowest BCUT2D eigenvalue weighted by atomic mass is 10.0. The molecule has 0 aliphatic heterocycles. The predicted molar refractivity (Wildman–Crippen MR) is 81.2 cm³/mol. The van der Waals surface area contributed by atoms with Crippen molar-refractivity contribution in [2.45, 2.75) is 26.3 Å². The fourth-order valence-electron chi connectivity index (χ4n) is 2.18. The smallest absolute Gasteiger partial charge is 0.329 e. The van der Waals surface area contributed by atoms with Crippen molar-refractivity contribution < 1.29 is 9.53 Å². The Balaban J connectivity index is 2.53. The van der Waals surface area contributed by atoms with Crippen LogP contribution in [0, 0.1) is 10.7 Å². The largest absolute Gasteiger partial charge is 0.467 e. The number of rotatable bonds is 5. The van der Waals surface area contributed by atoms with Gasteiger partial charge in [0.25, 0.3) is 0 Å². The molecule has 21 heavy (non-hydrogen) atoms. The normalized spacial score (nSPS) is 12.4. The highest BCUT2D eigenvalue weighted by atomic mass is 32.1.